The Morgan fingerprint density at radius 3 is 3.00 bits per heavy atom. The standard InChI is InChI=1S/C14H22N4O/c1-3-11-10-17(2)8-5-9-18(11)14(19)12-6-4-7-16-13(12)15/h4,6-7,11H,3,5,8-10H2,1-2H3,(H2,15,16). The zero-order chi connectivity index (χ0) is 13.8. The van der Waals surface area contributed by atoms with E-state index in [1.807, 2.05) is 4.90 Å². The molecule has 5 heteroatoms. The van der Waals surface area contributed by atoms with Gasteiger partial charge in [-0.2, -0.15) is 0 Å². The molecule has 1 amide bonds. The molecule has 1 aliphatic heterocycles. The first kappa shape index (κ1) is 13.8. The Balaban J connectivity index is 2.23. The van der Waals surface area contributed by atoms with Gasteiger partial charge in [0.15, 0.2) is 0 Å². The molecule has 0 aliphatic carbocycles. The van der Waals surface area contributed by atoms with Crippen molar-refractivity contribution in [2.45, 2.75) is 25.8 Å². The van der Waals surface area contributed by atoms with Crippen molar-refractivity contribution in [1.82, 2.24) is 14.8 Å². The number of anilines is 1. The first-order valence-corrected chi connectivity index (χ1v) is 6.83. The molecule has 0 spiro atoms. The van der Waals surface area contributed by atoms with Crippen LogP contribution in [0.2, 0.25) is 0 Å². The van der Waals surface area contributed by atoms with Crippen LogP contribution in [-0.2, 0) is 0 Å². The predicted octanol–water partition coefficient (Wildman–Crippen LogP) is 1.22. The van der Waals surface area contributed by atoms with E-state index in [-0.39, 0.29) is 11.9 Å². The number of hydrogen-bond donors (Lipinski definition) is 1. The van der Waals surface area contributed by atoms with Crippen LogP contribution in [0.4, 0.5) is 5.82 Å². The van der Waals surface area contributed by atoms with E-state index in [1.165, 1.54) is 0 Å². The third-order valence-electron chi connectivity index (χ3n) is 3.70. The number of hydrogen-bond acceptors (Lipinski definition) is 4. The van der Waals surface area contributed by atoms with Gasteiger partial charge in [-0.1, -0.05) is 6.92 Å². The second-order valence-electron chi connectivity index (χ2n) is 5.11. The quantitative estimate of drug-likeness (QED) is 0.870. The number of aromatic nitrogens is 1. The molecule has 1 atom stereocenters. The molecule has 2 N–H and O–H groups in total. The Kier molecular flexibility index (Phi) is 4.37. The molecule has 5 nitrogen and oxygen atoms in total. The molecule has 0 saturated carbocycles. The Bertz CT molecular complexity index is 449. The maximum atomic E-state index is 12.6. The summed E-state index contributed by atoms with van der Waals surface area (Å²) in [5, 5.41) is 0. The summed E-state index contributed by atoms with van der Waals surface area (Å²) in [5.74, 6) is 0.327. The van der Waals surface area contributed by atoms with Crippen molar-refractivity contribution in [3.63, 3.8) is 0 Å². The molecule has 1 aromatic heterocycles. The number of nitrogens with zero attached hydrogens (tertiary/aromatic N) is 3. The zero-order valence-electron chi connectivity index (χ0n) is 11.7. The second kappa shape index (κ2) is 6.02. The fourth-order valence-electron chi connectivity index (χ4n) is 2.61. The van der Waals surface area contributed by atoms with Gasteiger partial charge in [0.1, 0.15) is 5.82 Å². The van der Waals surface area contributed by atoms with E-state index < -0.39 is 0 Å². The van der Waals surface area contributed by atoms with Gasteiger partial charge in [-0.05, 0) is 38.6 Å². The molecule has 1 unspecified atom stereocenters. The molecule has 104 valence electrons. The smallest absolute Gasteiger partial charge is 0.257 e. The van der Waals surface area contributed by atoms with Gasteiger partial charge in [0.2, 0.25) is 0 Å². The average Bonchev–Trinajstić information content (AvgIpc) is 2.60. The lowest BCUT2D eigenvalue weighted by molar-refractivity contribution is 0.0676. The summed E-state index contributed by atoms with van der Waals surface area (Å²) in [4.78, 5) is 20.9. The fourth-order valence-corrected chi connectivity index (χ4v) is 2.61. The van der Waals surface area contributed by atoms with Gasteiger partial charge >= 0.3 is 0 Å². The van der Waals surface area contributed by atoms with Gasteiger partial charge < -0.3 is 15.5 Å². The van der Waals surface area contributed by atoms with E-state index in [9.17, 15) is 4.79 Å². The van der Waals surface area contributed by atoms with Crippen molar-refractivity contribution in [2.75, 3.05) is 32.4 Å². The van der Waals surface area contributed by atoms with Crippen LogP contribution in [-0.4, -0.2) is 53.4 Å². The summed E-state index contributed by atoms with van der Waals surface area (Å²) in [5.41, 5.74) is 6.33. The Morgan fingerprint density at radius 2 is 2.32 bits per heavy atom. The highest BCUT2D eigenvalue weighted by molar-refractivity contribution is 5.98. The van der Waals surface area contributed by atoms with Crippen LogP contribution in [0.5, 0.6) is 0 Å². The van der Waals surface area contributed by atoms with Gasteiger partial charge in [0.25, 0.3) is 5.91 Å². The Hall–Kier alpha value is -1.62. The van der Waals surface area contributed by atoms with Gasteiger partial charge in [-0.3, -0.25) is 4.79 Å². The van der Waals surface area contributed by atoms with Gasteiger partial charge in [-0.25, -0.2) is 4.98 Å². The van der Waals surface area contributed by atoms with Crippen molar-refractivity contribution in [2.24, 2.45) is 0 Å². The van der Waals surface area contributed by atoms with E-state index in [4.69, 9.17) is 5.73 Å². The molecule has 0 aromatic carbocycles. The summed E-state index contributed by atoms with van der Waals surface area (Å²) >= 11 is 0. The monoisotopic (exact) mass is 262 g/mol. The summed E-state index contributed by atoms with van der Waals surface area (Å²) in [6, 6.07) is 3.76. The van der Waals surface area contributed by atoms with Crippen molar-refractivity contribution in [3.8, 4) is 0 Å². The molecule has 0 bridgehead atoms. The number of amides is 1. The van der Waals surface area contributed by atoms with Crippen molar-refractivity contribution in [1.29, 1.82) is 0 Å². The van der Waals surface area contributed by atoms with E-state index in [2.05, 4.69) is 23.9 Å². The molecular weight excluding hydrogens is 240 g/mol. The molecule has 19 heavy (non-hydrogen) atoms. The van der Waals surface area contributed by atoms with Crippen molar-refractivity contribution >= 4 is 11.7 Å². The number of pyridine rings is 1. The minimum atomic E-state index is 0.00718. The van der Waals surface area contributed by atoms with E-state index in [1.54, 1.807) is 18.3 Å². The normalized spacial score (nSPS) is 21.2. The number of likely N-dealkylation sites (N-methyl/N-ethyl adjacent to an activating group) is 1. The fraction of sp³-hybridized carbons (Fsp3) is 0.571. The Labute approximate surface area is 114 Å². The summed E-state index contributed by atoms with van der Waals surface area (Å²) in [6.45, 7) is 4.86. The minimum absolute atomic E-state index is 0.00718. The van der Waals surface area contributed by atoms with Crippen LogP contribution < -0.4 is 5.73 Å². The van der Waals surface area contributed by atoms with Crippen LogP contribution in [0.3, 0.4) is 0 Å². The topological polar surface area (TPSA) is 62.5 Å². The predicted molar refractivity (Wildman–Crippen MR) is 75.9 cm³/mol. The lowest BCUT2D eigenvalue weighted by Gasteiger charge is -2.30. The third kappa shape index (κ3) is 3.04. The largest absolute Gasteiger partial charge is 0.383 e. The zero-order valence-corrected chi connectivity index (χ0v) is 11.7. The summed E-state index contributed by atoms with van der Waals surface area (Å²) in [6.07, 6.45) is 3.56. The molecule has 0 radical (unpaired) electrons. The molecule has 1 saturated heterocycles. The second-order valence-corrected chi connectivity index (χ2v) is 5.11. The minimum Gasteiger partial charge on any atom is -0.383 e. The number of carbonyl (C=O) groups excluding carboxylic acids is 1. The molecular formula is C14H22N4O. The lowest BCUT2D eigenvalue weighted by atomic mass is 10.1. The van der Waals surface area contributed by atoms with Crippen molar-refractivity contribution in [3.05, 3.63) is 23.9 Å². The van der Waals surface area contributed by atoms with Crippen LogP contribution >= 0.6 is 0 Å². The third-order valence-corrected chi connectivity index (χ3v) is 3.70. The number of nitrogens with two attached hydrogens (primary N) is 1. The molecule has 1 aromatic rings. The van der Waals surface area contributed by atoms with Crippen LogP contribution in [0.15, 0.2) is 18.3 Å². The highest BCUT2D eigenvalue weighted by atomic mass is 16.2. The van der Waals surface area contributed by atoms with Crippen LogP contribution in [0, 0.1) is 0 Å². The molecule has 2 rings (SSSR count). The highest BCUT2D eigenvalue weighted by Gasteiger charge is 2.27. The first-order valence-electron chi connectivity index (χ1n) is 6.83. The van der Waals surface area contributed by atoms with Crippen molar-refractivity contribution < 1.29 is 4.79 Å². The first-order chi connectivity index (χ1) is 9.13. The number of rotatable bonds is 2. The van der Waals surface area contributed by atoms with Gasteiger partial charge in [0.05, 0.1) is 5.56 Å². The highest BCUT2D eigenvalue weighted by Crippen LogP contribution is 2.18. The van der Waals surface area contributed by atoms with Gasteiger partial charge in [-0.15, -0.1) is 0 Å². The summed E-state index contributed by atoms with van der Waals surface area (Å²) in [7, 11) is 2.11. The molecule has 1 aliphatic rings. The molecule has 2 heterocycles. The van der Waals surface area contributed by atoms with E-state index in [0.29, 0.717) is 11.4 Å². The average molecular weight is 262 g/mol. The van der Waals surface area contributed by atoms with Crippen LogP contribution in [0.1, 0.15) is 30.1 Å². The number of nitrogen functional groups attached to an aromatic ring is 1. The maximum absolute atomic E-state index is 12.6. The maximum Gasteiger partial charge on any atom is 0.257 e. The van der Waals surface area contributed by atoms with Crippen LogP contribution in [0.25, 0.3) is 0 Å². The SMILES string of the molecule is CCC1CN(C)CCCN1C(=O)c1cccnc1N. The number of carbonyl (C=O) groups is 1. The Morgan fingerprint density at radius 1 is 1.53 bits per heavy atom. The van der Waals surface area contributed by atoms with Gasteiger partial charge in [0, 0.05) is 25.3 Å². The van der Waals surface area contributed by atoms with E-state index in [0.717, 1.165) is 32.5 Å². The summed E-state index contributed by atoms with van der Waals surface area (Å²) < 4.78 is 0. The molecule has 1 fully saturated rings. The lowest BCUT2D eigenvalue weighted by Crippen LogP contribution is -2.43. The van der Waals surface area contributed by atoms with E-state index >= 15 is 0 Å².